The summed E-state index contributed by atoms with van der Waals surface area (Å²) in [5, 5.41) is 20.6. The standard InChI is InChI=1S/C15H16N2O5/c1-15(2)7-11(19)14-10(18)5-9(6-12(14)22-15)21-8-13(20)17-4-3-16/h5-6,18H,4,7-8H2,1-2H3,(H,17,20). The maximum atomic E-state index is 12.0. The number of ketones is 1. The van der Waals surface area contributed by atoms with Crippen LogP contribution in [-0.2, 0) is 4.79 Å². The highest BCUT2D eigenvalue weighted by atomic mass is 16.5. The van der Waals surface area contributed by atoms with Gasteiger partial charge in [-0.15, -0.1) is 0 Å². The van der Waals surface area contributed by atoms with Crippen LogP contribution in [0.4, 0.5) is 0 Å². The molecule has 1 heterocycles. The van der Waals surface area contributed by atoms with Gasteiger partial charge in [0.15, 0.2) is 12.4 Å². The minimum Gasteiger partial charge on any atom is -0.507 e. The fraction of sp³-hybridized carbons (Fsp3) is 0.400. The summed E-state index contributed by atoms with van der Waals surface area (Å²) in [6.07, 6.45) is 0.171. The first-order valence-electron chi connectivity index (χ1n) is 6.68. The summed E-state index contributed by atoms with van der Waals surface area (Å²) in [4.78, 5) is 23.4. The number of Topliss-reactive ketones (excluding diaryl/α,β-unsaturated/α-hetero) is 1. The summed E-state index contributed by atoms with van der Waals surface area (Å²) >= 11 is 0. The van der Waals surface area contributed by atoms with E-state index >= 15 is 0 Å². The predicted octanol–water partition coefficient (Wildman–Crippen LogP) is 1.15. The first-order chi connectivity index (χ1) is 10.3. The van der Waals surface area contributed by atoms with Crippen molar-refractivity contribution >= 4 is 11.7 Å². The Balaban J connectivity index is 2.16. The van der Waals surface area contributed by atoms with E-state index in [0.717, 1.165) is 0 Å². The van der Waals surface area contributed by atoms with Gasteiger partial charge in [-0.1, -0.05) is 0 Å². The Bertz CT molecular complexity index is 661. The van der Waals surface area contributed by atoms with Crippen molar-refractivity contribution in [1.29, 1.82) is 5.26 Å². The number of carbonyl (C=O) groups is 2. The fourth-order valence-electron chi connectivity index (χ4n) is 2.17. The third kappa shape index (κ3) is 3.47. The van der Waals surface area contributed by atoms with E-state index in [9.17, 15) is 14.7 Å². The number of aromatic hydroxyl groups is 1. The largest absolute Gasteiger partial charge is 0.507 e. The molecule has 0 atom stereocenters. The second kappa shape index (κ2) is 5.93. The van der Waals surface area contributed by atoms with Crippen molar-refractivity contribution in [3.05, 3.63) is 17.7 Å². The molecule has 0 saturated carbocycles. The lowest BCUT2D eigenvalue weighted by Crippen LogP contribution is -2.36. The lowest BCUT2D eigenvalue weighted by Gasteiger charge is -2.32. The molecule has 1 aromatic rings. The van der Waals surface area contributed by atoms with Crippen molar-refractivity contribution in [2.75, 3.05) is 13.2 Å². The van der Waals surface area contributed by atoms with Gasteiger partial charge in [0.2, 0.25) is 0 Å². The van der Waals surface area contributed by atoms with Crippen LogP contribution < -0.4 is 14.8 Å². The number of carbonyl (C=O) groups excluding carboxylic acids is 2. The Morgan fingerprint density at radius 1 is 1.55 bits per heavy atom. The lowest BCUT2D eigenvalue weighted by atomic mass is 9.92. The summed E-state index contributed by atoms with van der Waals surface area (Å²) in [5.41, 5.74) is -0.542. The van der Waals surface area contributed by atoms with Gasteiger partial charge in [-0.3, -0.25) is 9.59 Å². The molecule has 1 amide bonds. The summed E-state index contributed by atoms with van der Waals surface area (Å²) < 4.78 is 10.9. The van der Waals surface area contributed by atoms with Gasteiger partial charge in [0, 0.05) is 12.1 Å². The highest BCUT2D eigenvalue weighted by Crippen LogP contribution is 2.40. The van der Waals surface area contributed by atoms with Crippen LogP contribution in [0.15, 0.2) is 12.1 Å². The Morgan fingerprint density at radius 2 is 2.27 bits per heavy atom. The Labute approximate surface area is 127 Å². The average molecular weight is 304 g/mol. The number of fused-ring (bicyclic) bond motifs is 1. The number of rotatable bonds is 4. The van der Waals surface area contributed by atoms with Gasteiger partial charge in [0.1, 0.15) is 35.0 Å². The number of nitrogens with one attached hydrogen (secondary N) is 1. The number of nitrogens with zero attached hydrogens (tertiary/aromatic N) is 1. The number of phenols is 1. The summed E-state index contributed by atoms with van der Waals surface area (Å²) in [5.74, 6) is -0.480. The molecule has 0 bridgehead atoms. The van der Waals surface area contributed by atoms with Crippen molar-refractivity contribution in [1.82, 2.24) is 5.32 Å². The third-order valence-electron chi connectivity index (χ3n) is 3.04. The van der Waals surface area contributed by atoms with Crippen LogP contribution >= 0.6 is 0 Å². The van der Waals surface area contributed by atoms with Gasteiger partial charge in [-0.05, 0) is 13.8 Å². The van der Waals surface area contributed by atoms with Crippen molar-refractivity contribution in [2.45, 2.75) is 25.9 Å². The highest BCUT2D eigenvalue weighted by Gasteiger charge is 2.34. The van der Waals surface area contributed by atoms with E-state index in [0.29, 0.717) is 0 Å². The zero-order chi connectivity index (χ0) is 16.3. The number of nitriles is 1. The number of benzene rings is 1. The van der Waals surface area contributed by atoms with E-state index in [1.807, 2.05) is 0 Å². The molecule has 0 aliphatic carbocycles. The Hall–Kier alpha value is -2.75. The van der Waals surface area contributed by atoms with E-state index in [1.165, 1.54) is 12.1 Å². The molecule has 7 heteroatoms. The molecule has 116 valence electrons. The Morgan fingerprint density at radius 3 is 2.95 bits per heavy atom. The monoisotopic (exact) mass is 304 g/mol. The van der Waals surface area contributed by atoms with E-state index in [1.54, 1.807) is 19.9 Å². The first kappa shape index (κ1) is 15.6. The number of ether oxygens (including phenoxy) is 2. The maximum Gasteiger partial charge on any atom is 0.258 e. The van der Waals surface area contributed by atoms with E-state index in [2.05, 4.69) is 5.32 Å². The normalized spacial score (nSPS) is 15.2. The minimum atomic E-state index is -0.667. The molecule has 22 heavy (non-hydrogen) atoms. The minimum absolute atomic E-state index is 0.108. The molecule has 0 spiro atoms. The zero-order valence-corrected chi connectivity index (χ0v) is 12.3. The van der Waals surface area contributed by atoms with Gasteiger partial charge in [-0.25, -0.2) is 0 Å². The number of hydrogen-bond acceptors (Lipinski definition) is 6. The van der Waals surface area contributed by atoms with Crippen molar-refractivity contribution in [3.8, 4) is 23.3 Å². The van der Waals surface area contributed by atoms with Gasteiger partial charge in [0.25, 0.3) is 5.91 Å². The van der Waals surface area contributed by atoms with Gasteiger partial charge >= 0.3 is 0 Å². The van der Waals surface area contributed by atoms with E-state index in [4.69, 9.17) is 14.7 Å². The quantitative estimate of drug-likeness (QED) is 0.808. The van der Waals surface area contributed by atoms with Crippen LogP contribution in [0, 0.1) is 11.3 Å². The summed E-state index contributed by atoms with van der Waals surface area (Å²) in [6, 6.07) is 4.50. The van der Waals surface area contributed by atoms with Crippen molar-refractivity contribution in [2.24, 2.45) is 0 Å². The predicted molar refractivity (Wildman–Crippen MR) is 75.9 cm³/mol. The van der Waals surface area contributed by atoms with Crippen molar-refractivity contribution in [3.63, 3.8) is 0 Å². The van der Waals surface area contributed by atoms with E-state index < -0.39 is 11.5 Å². The van der Waals surface area contributed by atoms with Crippen LogP contribution in [0.5, 0.6) is 17.2 Å². The second-order valence-corrected chi connectivity index (χ2v) is 5.50. The molecule has 2 rings (SSSR count). The molecule has 7 nitrogen and oxygen atoms in total. The number of hydrogen-bond donors (Lipinski definition) is 2. The van der Waals surface area contributed by atoms with Gasteiger partial charge < -0.3 is 19.9 Å². The molecule has 1 aliphatic rings. The first-order valence-corrected chi connectivity index (χ1v) is 6.68. The van der Waals surface area contributed by atoms with Crippen LogP contribution in [-0.4, -0.2) is 35.5 Å². The van der Waals surface area contributed by atoms with Crippen LogP contribution in [0.1, 0.15) is 30.6 Å². The molecule has 2 N–H and O–H groups in total. The molecule has 0 fully saturated rings. The lowest BCUT2D eigenvalue weighted by molar-refractivity contribution is -0.122. The summed E-state index contributed by atoms with van der Waals surface area (Å²) in [6.45, 7) is 3.13. The highest BCUT2D eigenvalue weighted by molar-refractivity contribution is 6.03. The number of amides is 1. The zero-order valence-electron chi connectivity index (χ0n) is 12.3. The molecule has 1 aromatic carbocycles. The van der Waals surface area contributed by atoms with Crippen LogP contribution in [0.2, 0.25) is 0 Å². The number of phenolic OH excluding ortho intramolecular Hbond substituents is 1. The molecule has 0 saturated heterocycles. The molecular weight excluding hydrogens is 288 g/mol. The smallest absolute Gasteiger partial charge is 0.258 e. The topological polar surface area (TPSA) is 109 Å². The maximum absolute atomic E-state index is 12.0. The molecule has 0 aromatic heterocycles. The second-order valence-electron chi connectivity index (χ2n) is 5.50. The molecule has 1 aliphatic heterocycles. The average Bonchev–Trinajstić information content (AvgIpc) is 2.40. The summed E-state index contributed by atoms with van der Waals surface area (Å²) in [7, 11) is 0. The van der Waals surface area contributed by atoms with Crippen LogP contribution in [0.3, 0.4) is 0 Å². The van der Waals surface area contributed by atoms with E-state index in [-0.39, 0.29) is 48.2 Å². The van der Waals surface area contributed by atoms with Gasteiger partial charge in [0.05, 0.1) is 12.5 Å². The van der Waals surface area contributed by atoms with Gasteiger partial charge in [-0.2, -0.15) is 5.26 Å². The SMILES string of the molecule is CC1(C)CC(=O)c2c(O)cc(OCC(=O)NCC#N)cc2O1. The van der Waals surface area contributed by atoms with Crippen LogP contribution in [0.25, 0.3) is 0 Å². The molecule has 0 radical (unpaired) electrons. The third-order valence-corrected chi connectivity index (χ3v) is 3.04. The molecule has 0 unspecified atom stereocenters. The molecular formula is C15H16N2O5. The fourth-order valence-corrected chi connectivity index (χ4v) is 2.17. The Kier molecular flexibility index (Phi) is 4.22. The van der Waals surface area contributed by atoms with Crippen molar-refractivity contribution < 1.29 is 24.2 Å².